The molecule has 0 saturated carbocycles. The van der Waals surface area contributed by atoms with Gasteiger partial charge in [-0.2, -0.15) is 0 Å². The molecule has 96 valence electrons. The number of aromatic nitrogens is 2. The molecule has 5 heteroatoms. The number of hydrogen-bond acceptors (Lipinski definition) is 4. The molecule has 2 aromatic heterocycles. The number of aryl methyl sites for hydroxylation is 1. The summed E-state index contributed by atoms with van der Waals surface area (Å²) in [5, 5.41) is 5.33. The van der Waals surface area contributed by atoms with E-state index in [-0.39, 0.29) is 0 Å². The molecule has 18 heavy (non-hydrogen) atoms. The Labute approximate surface area is 120 Å². The van der Waals surface area contributed by atoms with Gasteiger partial charge in [0, 0.05) is 23.5 Å². The number of anilines is 1. The molecule has 0 fully saturated rings. The van der Waals surface area contributed by atoms with Gasteiger partial charge in [-0.1, -0.05) is 6.92 Å². The SMILES string of the molecule is CCCc1nc(NCC)cc(-c2sccc2Br)n1. The zero-order valence-corrected chi connectivity index (χ0v) is 12.9. The summed E-state index contributed by atoms with van der Waals surface area (Å²) < 4.78 is 1.09. The Bertz CT molecular complexity index is 500. The number of nitrogens with zero attached hydrogens (tertiary/aromatic N) is 2. The van der Waals surface area contributed by atoms with Gasteiger partial charge in [0.2, 0.25) is 0 Å². The number of hydrogen-bond donors (Lipinski definition) is 1. The van der Waals surface area contributed by atoms with Gasteiger partial charge in [-0.3, -0.25) is 0 Å². The van der Waals surface area contributed by atoms with Crippen molar-refractivity contribution in [1.29, 1.82) is 0 Å². The fraction of sp³-hybridized carbons (Fsp3) is 0.385. The van der Waals surface area contributed by atoms with Crippen molar-refractivity contribution in [3.05, 3.63) is 27.8 Å². The molecule has 2 aromatic rings. The molecule has 0 bridgehead atoms. The van der Waals surface area contributed by atoms with E-state index in [0.29, 0.717) is 0 Å². The van der Waals surface area contributed by atoms with E-state index in [1.165, 1.54) is 0 Å². The summed E-state index contributed by atoms with van der Waals surface area (Å²) in [6, 6.07) is 4.06. The van der Waals surface area contributed by atoms with Crippen LogP contribution in [0.25, 0.3) is 10.6 Å². The third-order valence-electron chi connectivity index (χ3n) is 2.45. The summed E-state index contributed by atoms with van der Waals surface area (Å²) in [7, 11) is 0. The first-order chi connectivity index (χ1) is 8.74. The van der Waals surface area contributed by atoms with Gasteiger partial charge in [-0.25, -0.2) is 9.97 Å². The molecule has 0 aliphatic carbocycles. The maximum absolute atomic E-state index is 4.64. The van der Waals surface area contributed by atoms with Crippen molar-refractivity contribution in [3.63, 3.8) is 0 Å². The predicted octanol–water partition coefficient (Wildman–Crippen LogP) is 4.35. The quantitative estimate of drug-likeness (QED) is 0.887. The van der Waals surface area contributed by atoms with E-state index in [1.807, 2.05) is 6.07 Å². The third kappa shape index (κ3) is 3.09. The highest BCUT2D eigenvalue weighted by molar-refractivity contribution is 9.10. The van der Waals surface area contributed by atoms with Gasteiger partial charge in [-0.05, 0) is 40.7 Å². The number of halogens is 1. The maximum atomic E-state index is 4.64. The van der Waals surface area contributed by atoms with Crippen molar-refractivity contribution >= 4 is 33.1 Å². The first kappa shape index (κ1) is 13.5. The summed E-state index contributed by atoms with van der Waals surface area (Å²) in [4.78, 5) is 10.3. The average molecular weight is 326 g/mol. The van der Waals surface area contributed by atoms with Gasteiger partial charge in [0.15, 0.2) is 0 Å². The average Bonchev–Trinajstić information content (AvgIpc) is 2.76. The summed E-state index contributed by atoms with van der Waals surface area (Å²) in [6.45, 7) is 5.08. The van der Waals surface area contributed by atoms with Crippen molar-refractivity contribution in [2.24, 2.45) is 0 Å². The Morgan fingerprint density at radius 3 is 2.78 bits per heavy atom. The van der Waals surface area contributed by atoms with Crippen molar-refractivity contribution in [1.82, 2.24) is 9.97 Å². The van der Waals surface area contributed by atoms with E-state index in [0.717, 1.165) is 46.1 Å². The molecule has 3 nitrogen and oxygen atoms in total. The van der Waals surface area contributed by atoms with E-state index in [9.17, 15) is 0 Å². The van der Waals surface area contributed by atoms with Gasteiger partial charge < -0.3 is 5.32 Å². The van der Waals surface area contributed by atoms with Crippen LogP contribution in [-0.2, 0) is 6.42 Å². The maximum Gasteiger partial charge on any atom is 0.131 e. The van der Waals surface area contributed by atoms with Crippen molar-refractivity contribution in [3.8, 4) is 10.6 Å². The molecule has 0 spiro atoms. The zero-order chi connectivity index (χ0) is 13.0. The van der Waals surface area contributed by atoms with E-state index >= 15 is 0 Å². The lowest BCUT2D eigenvalue weighted by molar-refractivity contribution is 0.837. The molecule has 0 saturated heterocycles. The molecular formula is C13H16BrN3S. The predicted molar refractivity (Wildman–Crippen MR) is 81.2 cm³/mol. The van der Waals surface area contributed by atoms with Crippen LogP contribution >= 0.6 is 27.3 Å². The van der Waals surface area contributed by atoms with Crippen molar-refractivity contribution < 1.29 is 0 Å². The normalized spacial score (nSPS) is 10.6. The van der Waals surface area contributed by atoms with Gasteiger partial charge in [0.1, 0.15) is 11.6 Å². The number of nitrogens with one attached hydrogen (secondary N) is 1. The highest BCUT2D eigenvalue weighted by atomic mass is 79.9. The monoisotopic (exact) mass is 325 g/mol. The summed E-state index contributed by atoms with van der Waals surface area (Å²) in [6.07, 6.45) is 1.97. The van der Waals surface area contributed by atoms with E-state index in [2.05, 4.69) is 56.5 Å². The molecule has 1 N–H and O–H groups in total. The Balaban J connectivity index is 2.42. The molecule has 0 aromatic carbocycles. The van der Waals surface area contributed by atoms with Gasteiger partial charge in [0.25, 0.3) is 0 Å². The van der Waals surface area contributed by atoms with Crippen LogP contribution in [-0.4, -0.2) is 16.5 Å². The highest BCUT2D eigenvalue weighted by Crippen LogP contribution is 2.33. The number of thiophene rings is 1. The molecule has 2 heterocycles. The van der Waals surface area contributed by atoms with Gasteiger partial charge in [0.05, 0.1) is 10.6 Å². The van der Waals surface area contributed by atoms with Crippen LogP contribution in [0.15, 0.2) is 22.0 Å². The van der Waals surface area contributed by atoms with Gasteiger partial charge >= 0.3 is 0 Å². The van der Waals surface area contributed by atoms with Crippen LogP contribution in [0, 0.1) is 0 Å². The summed E-state index contributed by atoms with van der Waals surface area (Å²) in [5.74, 6) is 1.82. The second-order valence-corrected chi connectivity index (χ2v) is 5.70. The largest absolute Gasteiger partial charge is 0.370 e. The van der Waals surface area contributed by atoms with E-state index < -0.39 is 0 Å². The molecule has 2 rings (SSSR count). The van der Waals surface area contributed by atoms with Crippen LogP contribution < -0.4 is 5.32 Å². The Morgan fingerprint density at radius 2 is 2.17 bits per heavy atom. The first-order valence-electron chi connectivity index (χ1n) is 6.09. The standard InChI is InChI=1S/C13H16BrN3S/c1-3-5-11-16-10(8-12(17-11)15-4-2)13-9(14)6-7-18-13/h6-8H,3-5H2,1-2H3,(H,15,16,17). The fourth-order valence-corrected chi connectivity index (χ4v) is 3.23. The van der Waals surface area contributed by atoms with Crippen LogP contribution in [0.1, 0.15) is 26.1 Å². The number of rotatable bonds is 5. The minimum absolute atomic E-state index is 0.869. The third-order valence-corrected chi connectivity index (χ3v) is 4.31. The lowest BCUT2D eigenvalue weighted by Crippen LogP contribution is -2.04. The smallest absolute Gasteiger partial charge is 0.131 e. The van der Waals surface area contributed by atoms with Crippen molar-refractivity contribution in [2.75, 3.05) is 11.9 Å². The van der Waals surface area contributed by atoms with Crippen LogP contribution in [0.4, 0.5) is 5.82 Å². The highest BCUT2D eigenvalue weighted by Gasteiger charge is 2.10. The van der Waals surface area contributed by atoms with Crippen LogP contribution in [0.3, 0.4) is 0 Å². The zero-order valence-electron chi connectivity index (χ0n) is 10.5. The molecule has 0 atom stereocenters. The molecular weight excluding hydrogens is 310 g/mol. The topological polar surface area (TPSA) is 37.8 Å². The van der Waals surface area contributed by atoms with E-state index in [4.69, 9.17) is 0 Å². The minimum Gasteiger partial charge on any atom is -0.370 e. The van der Waals surface area contributed by atoms with Crippen molar-refractivity contribution in [2.45, 2.75) is 26.7 Å². The molecule has 0 aliphatic heterocycles. The molecule has 0 amide bonds. The Hall–Kier alpha value is -0.940. The summed E-state index contributed by atoms with van der Waals surface area (Å²) >= 11 is 5.25. The van der Waals surface area contributed by atoms with Crippen LogP contribution in [0.5, 0.6) is 0 Å². The minimum atomic E-state index is 0.869. The van der Waals surface area contributed by atoms with E-state index in [1.54, 1.807) is 11.3 Å². The fourth-order valence-electron chi connectivity index (χ4n) is 1.70. The first-order valence-corrected chi connectivity index (χ1v) is 7.77. The molecule has 0 aliphatic rings. The van der Waals surface area contributed by atoms with Crippen LogP contribution in [0.2, 0.25) is 0 Å². The lowest BCUT2D eigenvalue weighted by atomic mass is 10.2. The molecule has 0 unspecified atom stereocenters. The lowest BCUT2D eigenvalue weighted by Gasteiger charge is -2.08. The molecule has 0 radical (unpaired) electrons. The second-order valence-electron chi connectivity index (χ2n) is 3.93. The Kier molecular flexibility index (Phi) is 4.72. The van der Waals surface area contributed by atoms with Gasteiger partial charge in [-0.15, -0.1) is 11.3 Å². The second kappa shape index (κ2) is 6.29. The summed E-state index contributed by atoms with van der Waals surface area (Å²) in [5.41, 5.74) is 0.992. The Morgan fingerprint density at radius 1 is 1.33 bits per heavy atom.